The highest BCUT2D eigenvalue weighted by Gasteiger charge is 2.40. The molecule has 5 aliphatic rings. The largest absolute Gasteiger partial charge is 0.341 e. The van der Waals surface area contributed by atoms with E-state index in [0.29, 0.717) is 49.3 Å². The number of aromatic nitrogens is 4. The number of carbonyl (C=O) groups excluding carboxylic acids is 4. The number of imidazole rings is 2. The van der Waals surface area contributed by atoms with Crippen LogP contribution in [0.15, 0.2) is 73.1 Å². The van der Waals surface area contributed by atoms with Crippen molar-refractivity contribution in [2.45, 2.75) is 81.8 Å². The Hall–Kier alpha value is -6.66. The molecule has 0 radical (unpaired) electrons. The van der Waals surface area contributed by atoms with E-state index in [1.54, 1.807) is 17.3 Å². The van der Waals surface area contributed by atoms with Crippen molar-refractivity contribution in [3.8, 4) is 35.5 Å². The molecule has 3 aliphatic heterocycles. The zero-order valence-electron chi connectivity index (χ0n) is 34.3. The molecule has 0 unspecified atom stereocenters. The number of likely N-dealkylation sites (tertiary alicyclic amines) is 2. The quantitative estimate of drug-likeness (QED) is 0.170. The van der Waals surface area contributed by atoms with Gasteiger partial charge in [0.15, 0.2) is 0 Å². The van der Waals surface area contributed by atoms with Crippen LogP contribution in [0.25, 0.3) is 0 Å². The summed E-state index contributed by atoms with van der Waals surface area (Å²) in [7, 11) is 0. The number of rotatable bonds is 10. The van der Waals surface area contributed by atoms with Crippen LogP contribution in [-0.4, -0.2) is 86.0 Å². The maximum absolute atomic E-state index is 14.0. The second-order valence-corrected chi connectivity index (χ2v) is 16.5. The molecule has 4 amide bonds. The molecule has 3 saturated heterocycles. The fourth-order valence-electron chi connectivity index (χ4n) is 8.22. The van der Waals surface area contributed by atoms with E-state index < -0.39 is 18.4 Å². The van der Waals surface area contributed by atoms with Crippen LogP contribution in [0.5, 0.6) is 0 Å². The number of benzene rings is 2. The molecule has 4 atom stereocenters. The standard InChI is InChI=1S/C48H48N8O6/c57-45(34-20-21-34)53-41(32-11-3-1-4-12-32)47(59)55-25-9-16-38(55)43-49-27-36(51-43)15-7-8-18-40-61-29-31(30-62-40)19-24-37-28-50-44(52-37)39-17-10-26-56(39)48(60)42(33-13-5-2-6-14-33)54-46(58)35-22-23-35/h1-6,11-14,27-28,31,34-35,38-42H,9-10,16-17,20-23,25-26,29-30H2,(H,49,51)(H,50,52)(H,53,57)(H,54,58)/t31?,38-,39-,40?,41-,42-/m0/s1. The van der Waals surface area contributed by atoms with Gasteiger partial charge in [0.1, 0.15) is 35.1 Å². The molecule has 4 N–H and O–H groups in total. The van der Waals surface area contributed by atoms with Gasteiger partial charge in [-0.3, -0.25) is 19.2 Å². The van der Waals surface area contributed by atoms with Crippen LogP contribution in [0.3, 0.4) is 0 Å². The Labute approximate surface area is 360 Å². The summed E-state index contributed by atoms with van der Waals surface area (Å²) in [4.78, 5) is 72.7. The number of carbonyl (C=O) groups is 4. The lowest BCUT2D eigenvalue weighted by atomic mass is 10.0. The lowest BCUT2D eigenvalue weighted by Crippen LogP contribution is -2.43. The summed E-state index contributed by atoms with van der Waals surface area (Å²) in [5, 5.41) is 6.02. The molecule has 2 aliphatic carbocycles. The Morgan fingerprint density at radius 2 is 1.11 bits per heavy atom. The van der Waals surface area contributed by atoms with Gasteiger partial charge in [-0.05, 0) is 92.1 Å². The Balaban J connectivity index is 0.766. The van der Waals surface area contributed by atoms with Crippen molar-refractivity contribution in [2.75, 3.05) is 26.3 Å². The number of ether oxygens (including phenoxy) is 2. The van der Waals surface area contributed by atoms with E-state index in [0.717, 1.165) is 62.5 Å². The number of nitrogens with one attached hydrogen (secondary N) is 4. The minimum atomic E-state index is -0.757. The van der Waals surface area contributed by atoms with Gasteiger partial charge in [-0.25, -0.2) is 9.97 Å². The van der Waals surface area contributed by atoms with E-state index >= 15 is 0 Å². The van der Waals surface area contributed by atoms with Gasteiger partial charge in [-0.15, -0.1) is 0 Å². The van der Waals surface area contributed by atoms with Crippen molar-refractivity contribution in [1.29, 1.82) is 0 Å². The normalized spacial score (nSPS) is 22.8. The zero-order chi connectivity index (χ0) is 42.4. The van der Waals surface area contributed by atoms with Gasteiger partial charge >= 0.3 is 0 Å². The molecule has 4 aromatic rings. The molecule has 0 spiro atoms. The Morgan fingerprint density at radius 3 is 1.60 bits per heavy atom. The summed E-state index contributed by atoms with van der Waals surface area (Å²) in [6, 6.07) is 16.8. The number of hydrogen-bond donors (Lipinski definition) is 4. The zero-order valence-corrected chi connectivity index (χ0v) is 34.3. The second kappa shape index (κ2) is 18.5. The van der Waals surface area contributed by atoms with E-state index in [4.69, 9.17) is 9.47 Å². The smallest absolute Gasteiger partial charge is 0.250 e. The fraction of sp³-hybridized carbons (Fsp3) is 0.417. The summed E-state index contributed by atoms with van der Waals surface area (Å²) in [5.41, 5.74) is 2.71. The maximum Gasteiger partial charge on any atom is 0.250 e. The minimum absolute atomic E-state index is 0.0123. The number of H-pyrrole nitrogens is 2. The molecule has 316 valence electrons. The summed E-state index contributed by atoms with van der Waals surface area (Å²) in [6.07, 6.45) is 9.15. The van der Waals surface area contributed by atoms with Gasteiger partial charge in [-0.1, -0.05) is 66.6 Å². The molecule has 2 saturated carbocycles. The van der Waals surface area contributed by atoms with Crippen LogP contribution in [0.4, 0.5) is 0 Å². The number of amides is 4. The molecule has 5 fully saturated rings. The minimum Gasteiger partial charge on any atom is -0.341 e. The van der Waals surface area contributed by atoms with Crippen LogP contribution in [0, 0.1) is 53.3 Å². The van der Waals surface area contributed by atoms with E-state index in [9.17, 15) is 19.2 Å². The average Bonchev–Trinajstić information content (AvgIpc) is 4.08. The second-order valence-electron chi connectivity index (χ2n) is 16.5. The number of aromatic amines is 2. The third-order valence-electron chi connectivity index (χ3n) is 11.9. The van der Waals surface area contributed by atoms with Crippen LogP contribution >= 0.6 is 0 Å². The number of nitrogens with zero attached hydrogens (tertiary/aromatic N) is 4. The molecule has 5 heterocycles. The molecule has 14 heteroatoms. The van der Waals surface area contributed by atoms with E-state index in [2.05, 4.69) is 66.1 Å². The summed E-state index contributed by atoms with van der Waals surface area (Å²) in [5.74, 6) is 18.5. The van der Waals surface area contributed by atoms with Gasteiger partial charge in [0.05, 0.1) is 43.6 Å². The molecule has 2 aromatic carbocycles. The van der Waals surface area contributed by atoms with Gasteiger partial charge in [0.2, 0.25) is 29.9 Å². The summed E-state index contributed by atoms with van der Waals surface area (Å²) in [6.45, 7) is 1.80. The number of hydrogen-bond acceptors (Lipinski definition) is 8. The van der Waals surface area contributed by atoms with Crippen LogP contribution < -0.4 is 10.6 Å². The SMILES string of the molecule is O=C(N[C@H](C(=O)N1CCC[C@H]1c1ncc(C#CC#CC2OCC(C#Cc3cnc([C@@H]4CCCN4C(=O)[C@@H](NC(=O)C4CC4)c4ccccc4)[nH]3)CO2)[nH]1)c1ccccc1)C1CC1. The van der Waals surface area contributed by atoms with E-state index in [-0.39, 0.29) is 53.5 Å². The predicted octanol–water partition coefficient (Wildman–Crippen LogP) is 4.39. The summed E-state index contributed by atoms with van der Waals surface area (Å²) >= 11 is 0. The molecule has 9 rings (SSSR count). The fourth-order valence-corrected chi connectivity index (χ4v) is 8.22. The topological polar surface area (TPSA) is 175 Å². The first-order valence-electron chi connectivity index (χ1n) is 21.6. The maximum atomic E-state index is 14.0. The third kappa shape index (κ3) is 9.61. The molecule has 0 bridgehead atoms. The molecular formula is C48H48N8O6. The van der Waals surface area contributed by atoms with Crippen molar-refractivity contribution in [2.24, 2.45) is 17.8 Å². The van der Waals surface area contributed by atoms with E-state index in [1.165, 1.54) is 0 Å². The summed E-state index contributed by atoms with van der Waals surface area (Å²) < 4.78 is 11.6. The van der Waals surface area contributed by atoms with Crippen molar-refractivity contribution in [1.82, 2.24) is 40.4 Å². The van der Waals surface area contributed by atoms with Gasteiger partial charge < -0.3 is 39.9 Å². The van der Waals surface area contributed by atoms with Gasteiger partial charge in [0, 0.05) is 24.9 Å². The molecule has 14 nitrogen and oxygen atoms in total. The first-order chi connectivity index (χ1) is 30.4. The lowest BCUT2D eigenvalue weighted by molar-refractivity contribution is -0.158. The average molecular weight is 833 g/mol. The highest BCUT2D eigenvalue weighted by atomic mass is 16.7. The Bertz CT molecular complexity index is 2470. The molecule has 62 heavy (non-hydrogen) atoms. The van der Waals surface area contributed by atoms with Gasteiger partial charge in [0.25, 0.3) is 0 Å². The lowest BCUT2D eigenvalue weighted by Gasteiger charge is -2.28. The molecule has 2 aromatic heterocycles. The first kappa shape index (κ1) is 40.7. The Morgan fingerprint density at radius 1 is 0.629 bits per heavy atom. The highest BCUT2D eigenvalue weighted by Crippen LogP contribution is 2.36. The van der Waals surface area contributed by atoms with Crippen LogP contribution in [0.1, 0.15) is 110 Å². The monoisotopic (exact) mass is 832 g/mol. The van der Waals surface area contributed by atoms with Gasteiger partial charge in [-0.2, -0.15) is 0 Å². The van der Waals surface area contributed by atoms with Crippen molar-refractivity contribution < 1.29 is 28.7 Å². The molecular weight excluding hydrogens is 785 g/mol. The van der Waals surface area contributed by atoms with Crippen LogP contribution in [-0.2, 0) is 28.7 Å². The van der Waals surface area contributed by atoms with Crippen molar-refractivity contribution >= 4 is 23.6 Å². The Kier molecular flexibility index (Phi) is 12.2. The van der Waals surface area contributed by atoms with Crippen molar-refractivity contribution in [3.05, 3.63) is 107 Å². The van der Waals surface area contributed by atoms with Crippen LogP contribution in [0.2, 0.25) is 0 Å². The predicted molar refractivity (Wildman–Crippen MR) is 225 cm³/mol. The van der Waals surface area contributed by atoms with E-state index in [1.807, 2.05) is 65.6 Å². The first-order valence-corrected chi connectivity index (χ1v) is 21.6. The third-order valence-corrected chi connectivity index (χ3v) is 11.9. The van der Waals surface area contributed by atoms with Crippen molar-refractivity contribution in [3.63, 3.8) is 0 Å². The highest BCUT2D eigenvalue weighted by molar-refractivity contribution is 5.91.